The molecule has 1 aliphatic heterocycles. The van der Waals surface area contributed by atoms with E-state index in [-0.39, 0.29) is 6.10 Å². The number of fused-ring (bicyclic) bond motifs is 1. The van der Waals surface area contributed by atoms with E-state index >= 15 is 0 Å². The fourth-order valence-corrected chi connectivity index (χ4v) is 3.50. The van der Waals surface area contributed by atoms with Crippen molar-refractivity contribution in [1.82, 2.24) is 15.5 Å². The van der Waals surface area contributed by atoms with Gasteiger partial charge in [-0.3, -0.25) is 0 Å². The van der Waals surface area contributed by atoms with Gasteiger partial charge in [0.05, 0.1) is 6.61 Å². The average Bonchev–Trinajstić information content (AvgIpc) is 3.17. The van der Waals surface area contributed by atoms with Crippen LogP contribution in [0.5, 0.6) is 0 Å². The molecule has 1 atom stereocenters. The molecule has 5 nitrogen and oxygen atoms in total. The Morgan fingerprint density at radius 3 is 3.19 bits per heavy atom. The highest BCUT2D eigenvalue weighted by Crippen LogP contribution is 2.27. The summed E-state index contributed by atoms with van der Waals surface area (Å²) in [5.41, 5.74) is 1.24. The molecule has 1 N–H and O–H groups in total. The summed E-state index contributed by atoms with van der Waals surface area (Å²) in [4.78, 5) is 4.48. The first-order chi connectivity index (χ1) is 10.4. The van der Waals surface area contributed by atoms with Gasteiger partial charge in [0, 0.05) is 24.2 Å². The molecule has 3 aromatic rings. The van der Waals surface area contributed by atoms with E-state index in [1.807, 2.05) is 0 Å². The normalized spacial score (nSPS) is 19.1. The van der Waals surface area contributed by atoms with Crippen molar-refractivity contribution in [1.29, 1.82) is 0 Å². The number of hydrogen-bond acceptors (Lipinski definition) is 6. The summed E-state index contributed by atoms with van der Waals surface area (Å²) in [6.07, 6.45) is 0.562. The van der Waals surface area contributed by atoms with Crippen molar-refractivity contribution in [3.8, 4) is 0 Å². The molecule has 0 saturated carbocycles. The van der Waals surface area contributed by atoms with Crippen LogP contribution in [0.2, 0.25) is 0 Å². The van der Waals surface area contributed by atoms with Crippen LogP contribution >= 0.6 is 11.3 Å². The van der Waals surface area contributed by atoms with E-state index < -0.39 is 0 Å². The minimum Gasteiger partial charge on any atom is -0.366 e. The van der Waals surface area contributed by atoms with Crippen LogP contribution in [0.25, 0.3) is 10.1 Å². The number of morpholine rings is 1. The Morgan fingerprint density at radius 2 is 2.29 bits per heavy atom. The first-order valence-corrected chi connectivity index (χ1v) is 7.88. The van der Waals surface area contributed by atoms with Crippen LogP contribution in [-0.4, -0.2) is 29.8 Å². The standard InChI is InChI=1S/C15H15N3O2S/c1-2-4-13-11(3-1)10(9-21-13)7-14-17-15(20-18-14)12-8-16-5-6-19-12/h1-4,9,12,16H,5-8H2/t12-/m0/s1. The van der Waals surface area contributed by atoms with E-state index in [9.17, 15) is 0 Å². The molecule has 4 rings (SSSR count). The molecule has 0 amide bonds. The second-order valence-corrected chi connectivity index (χ2v) is 5.96. The van der Waals surface area contributed by atoms with Gasteiger partial charge in [0.1, 0.15) is 6.10 Å². The minimum atomic E-state index is -0.126. The topological polar surface area (TPSA) is 60.2 Å². The maximum atomic E-state index is 5.63. The van der Waals surface area contributed by atoms with Crippen LogP contribution in [0.3, 0.4) is 0 Å². The number of nitrogens with zero attached hydrogens (tertiary/aromatic N) is 2. The average molecular weight is 301 g/mol. The summed E-state index contributed by atoms with van der Waals surface area (Å²) in [5, 5.41) is 10.8. The van der Waals surface area contributed by atoms with Crippen LogP contribution in [0.4, 0.5) is 0 Å². The van der Waals surface area contributed by atoms with E-state index in [2.05, 4.69) is 45.1 Å². The van der Waals surface area contributed by atoms with Gasteiger partial charge in [-0.2, -0.15) is 4.98 Å². The first kappa shape index (κ1) is 12.9. The number of benzene rings is 1. The Bertz CT molecular complexity index is 746. The number of hydrogen-bond donors (Lipinski definition) is 1. The zero-order valence-corrected chi connectivity index (χ0v) is 12.2. The highest BCUT2D eigenvalue weighted by Gasteiger charge is 2.22. The smallest absolute Gasteiger partial charge is 0.257 e. The molecular formula is C15H15N3O2S. The molecule has 0 radical (unpaired) electrons. The zero-order chi connectivity index (χ0) is 14.1. The van der Waals surface area contributed by atoms with Crippen molar-refractivity contribution in [3.05, 3.63) is 46.9 Å². The number of thiophene rings is 1. The molecule has 1 aliphatic rings. The number of aromatic nitrogens is 2. The van der Waals surface area contributed by atoms with Gasteiger partial charge in [-0.15, -0.1) is 11.3 Å². The second-order valence-electron chi connectivity index (χ2n) is 5.05. The van der Waals surface area contributed by atoms with Gasteiger partial charge in [0.25, 0.3) is 5.89 Å². The molecule has 0 bridgehead atoms. The largest absolute Gasteiger partial charge is 0.366 e. The summed E-state index contributed by atoms with van der Waals surface area (Å²) < 4.78 is 12.3. The summed E-state index contributed by atoms with van der Waals surface area (Å²) in [7, 11) is 0. The van der Waals surface area contributed by atoms with E-state index in [4.69, 9.17) is 9.26 Å². The fourth-order valence-electron chi connectivity index (χ4n) is 2.53. The van der Waals surface area contributed by atoms with Gasteiger partial charge in [-0.1, -0.05) is 23.4 Å². The van der Waals surface area contributed by atoms with Gasteiger partial charge in [0.2, 0.25) is 0 Å². The Balaban J connectivity index is 1.56. The van der Waals surface area contributed by atoms with Crippen LogP contribution < -0.4 is 5.32 Å². The third kappa shape index (κ3) is 2.57. The number of ether oxygens (including phenoxy) is 1. The molecule has 0 unspecified atom stereocenters. The fraction of sp³-hybridized carbons (Fsp3) is 0.333. The third-order valence-corrected chi connectivity index (χ3v) is 4.61. The first-order valence-electron chi connectivity index (χ1n) is 7.00. The van der Waals surface area contributed by atoms with Crippen molar-refractivity contribution in [2.75, 3.05) is 19.7 Å². The molecule has 2 aromatic heterocycles. The van der Waals surface area contributed by atoms with E-state index in [0.29, 0.717) is 24.7 Å². The lowest BCUT2D eigenvalue weighted by Gasteiger charge is -2.19. The molecule has 3 heterocycles. The molecule has 0 aliphatic carbocycles. The van der Waals surface area contributed by atoms with Gasteiger partial charge in [-0.25, -0.2) is 0 Å². The molecule has 108 valence electrons. The zero-order valence-electron chi connectivity index (χ0n) is 11.4. The minimum absolute atomic E-state index is 0.126. The van der Waals surface area contributed by atoms with Gasteiger partial charge < -0.3 is 14.6 Å². The highest BCUT2D eigenvalue weighted by atomic mass is 32.1. The maximum absolute atomic E-state index is 5.63. The monoisotopic (exact) mass is 301 g/mol. The molecule has 1 fully saturated rings. The third-order valence-electron chi connectivity index (χ3n) is 3.60. The summed E-state index contributed by atoms with van der Waals surface area (Å²) >= 11 is 1.75. The van der Waals surface area contributed by atoms with Gasteiger partial charge in [-0.05, 0) is 22.4 Å². The Hall–Kier alpha value is -1.76. The molecule has 1 saturated heterocycles. The summed E-state index contributed by atoms with van der Waals surface area (Å²) in [6, 6.07) is 8.38. The molecular weight excluding hydrogens is 286 g/mol. The van der Waals surface area contributed by atoms with Gasteiger partial charge >= 0.3 is 0 Å². The van der Waals surface area contributed by atoms with Crippen LogP contribution in [0, 0.1) is 0 Å². The number of nitrogens with one attached hydrogen (secondary N) is 1. The van der Waals surface area contributed by atoms with Gasteiger partial charge in [0.15, 0.2) is 5.82 Å². The quantitative estimate of drug-likeness (QED) is 0.805. The lowest BCUT2D eigenvalue weighted by atomic mass is 10.1. The van der Waals surface area contributed by atoms with Crippen molar-refractivity contribution in [2.24, 2.45) is 0 Å². The second kappa shape index (κ2) is 5.55. The number of rotatable bonds is 3. The SMILES string of the molecule is c1ccc2c(Cc3noc([C@@H]4CNCCO4)n3)csc2c1. The Morgan fingerprint density at radius 1 is 1.33 bits per heavy atom. The van der Waals surface area contributed by atoms with Crippen LogP contribution in [-0.2, 0) is 11.2 Å². The van der Waals surface area contributed by atoms with Crippen LogP contribution in [0.1, 0.15) is 23.4 Å². The van der Waals surface area contributed by atoms with E-state index in [1.54, 1.807) is 11.3 Å². The summed E-state index contributed by atoms with van der Waals surface area (Å²) in [6.45, 7) is 2.28. The molecule has 21 heavy (non-hydrogen) atoms. The molecule has 6 heteroatoms. The maximum Gasteiger partial charge on any atom is 0.257 e. The van der Waals surface area contributed by atoms with E-state index in [0.717, 1.165) is 13.1 Å². The van der Waals surface area contributed by atoms with E-state index in [1.165, 1.54) is 15.6 Å². The predicted octanol–water partition coefficient (Wildman–Crippen LogP) is 2.54. The lowest BCUT2D eigenvalue weighted by Crippen LogP contribution is -2.33. The Labute approximate surface area is 125 Å². The van der Waals surface area contributed by atoms with Crippen molar-refractivity contribution < 1.29 is 9.26 Å². The molecule has 0 spiro atoms. The molecule has 1 aromatic carbocycles. The van der Waals surface area contributed by atoms with Crippen LogP contribution in [0.15, 0.2) is 34.2 Å². The van der Waals surface area contributed by atoms with Crippen molar-refractivity contribution >= 4 is 21.4 Å². The summed E-state index contributed by atoms with van der Waals surface area (Å²) in [5.74, 6) is 1.28. The predicted molar refractivity (Wildman–Crippen MR) is 80.5 cm³/mol. The lowest BCUT2D eigenvalue weighted by molar-refractivity contribution is 0.00755. The van der Waals surface area contributed by atoms with Crippen molar-refractivity contribution in [2.45, 2.75) is 12.5 Å². The van der Waals surface area contributed by atoms with Crippen molar-refractivity contribution in [3.63, 3.8) is 0 Å². The highest BCUT2D eigenvalue weighted by molar-refractivity contribution is 7.17. The Kier molecular flexibility index (Phi) is 3.42.